The first-order valence-electron chi connectivity index (χ1n) is 8.15. The van der Waals surface area contributed by atoms with Gasteiger partial charge in [-0.3, -0.25) is 14.9 Å². The molecule has 26 heavy (non-hydrogen) atoms. The van der Waals surface area contributed by atoms with Crippen LogP contribution in [-0.4, -0.2) is 37.1 Å². The molecule has 1 amide bonds. The number of hydrogen-bond acceptors (Lipinski definition) is 5. The lowest BCUT2D eigenvalue weighted by Crippen LogP contribution is -2.37. The summed E-state index contributed by atoms with van der Waals surface area (Å²) in [7, 11) is 0. The van der Waals surface area contributed by atoms with Gasteiger partial charge in [0.25, 0.3) is 11.6 Å². The molecule has 0 saturated carbocycles. The predicted octanol–water partition coefficient (Wildman–Crippen LogP) is 3.65. The Morgan fingerprint density at radius 3 is 2.65 bits per heavy atom. The highest BCUT2D eigenvalue weighted by Crippen LogP contribution is 2.34. The van der Waals surface area contributed by atoms with Gasteiger partial charge in [-0.1, -0.05) is 17.7 Å². The molecule has 0 aromatic heterocycles. The molecule has 1 fully saturated rings. The highest BCUT2D eigenvalue weighted by atomic mass is 35.5. The van der Waals surface area contributed by atoms with Gasteiger partial charge in [0, 0.05) is 30.3 Å². The summed E-state index contributed by atoms with van der Waals surface area (Å²) in [5.74, 6) is -0.347. The van der Waals surface area contributed by atoms with Gasteiger partial charge < -0.3 is 15.0 Å². The highest BCUT2D eigenvalue weighted by Gasteiger charge is 2.20. The molecule has 7 nitrogen and oxygen atoms in total. The third-order valence-electron chi connectivity index (χ3n) is 4.22. The number of nitro groups is 1. The van der Waals surface area contributed by atoms with Crippen molar-refractivity contribution in [2.75, 3.05) is 36.5 Å². The number of halogens is 1. The molecule has 1 saturated heterocycles. The fourth-order valence-electron chi connectivity index (χ4n) is 2.92. The minimum atomic E-state index is -0.468. The van der Waals surface area contributed by atoms with Gasteiger partial charge in [-0.05, 0) is 31.2 Å². The average molecular weight is 376 g/mol. The molecule has 1 N–H and O–H groups in total. The summed E-state index contributed by atoms with van der Waals surface area (Å²) >= 11 is 6.36. The van der Waals surface area contributed by atoms with E-state index < -0.39 is 4.92 Å². The Hall–Kier alpha value is -2.64. The molecule has 1 heterocycles. The van der Waals surface area contributed by atoms with Crippen molar-refractivity contribution in [3.05, 3.63) is 62.7 Å². The van der Waals surface area contributed by atoms with E-state index in [2.05, 4.69) is 10.2 Å². The fourth-order valence-corrected chi connectivity index (χ4v) is 3.21. The van der Waals surface area contributed by atoms with Gasteiger partial charge in [-0.2, -0.15) is 0 Å². The van der Waals surface area contributed by atoms with Crippen LogP contribution in [0.1, 0.15) is 15.9 Å². The number of hydrogen-bond donors (Lipinski definition) is 1. The van der Waals surface area contributed by atoms with Crippen LogP contribution in [0.4, 0.5) is 17.1 Å². The van der Waals surface area contributed by atoms with Crippen LogP contribution in [-0.2, 0) is 4.74 Å². The van der Waals surface area contributed by atoms with Gasteiger partial charge >= 0.3 is 0 Å². The molecule has 136 valence electrons. The van der Waals surface area contributed by atoms with Gasteiger partial charge in [-0.15, -0.1) is 0 Å². The topological polar surface area (TPSA) is 84.7 Å². The molecule has 0 spiro atoms. The van der Waals surface area contributed by atoms with E-state index in [0.717, 1.165) is 5.69 Å². The van der Waals surface area contributed by atoms with Crippen molar-refractivity contribution in [1.82, 2.24) is 0 Å². The monoisotopic (exact) mass is 375 g/mol. The number of ether oxygens (including phenoxy) is 1. The molecule has 0 radical (unpaired) electrons. The van der Waals surface area contributed by atoms with Crippen molar-refractivity contribution in [3.63, 3.8) is 0 Å². The highest BCUT2D eigenvalue weighted by molar-refractivity contribution is 6.34. The number of carbonyl (C=O) groups excluding carboxylic acids is 1. The first-order chi connectivity index (χ1) is 12.5. The van der Waals surface area contributed by atoms with Crippen LogP contribution in [0, 0.1) is 17.0 Å². The molecule has 3 rings (SSSR count). The van der Waals surface area contributed by atoms with E-state index in [4.69, 9.17) is 16.3 Å². The van der Waals surface area contributed by atoms with Crippen LogP contribution in [0.15, 0.2) is 36.4 Å². The maximum absolute atomic E-state index is 12.6. The number of nitrogens with one attached hydrogen (secondary N) is 1. The Balaban J connectivity index is 1.87. The second-order valence-corrected chi connectivity index (χ2v) is 6.36. The molecule has 1 aliphatic rings. The predicted molar refractivity (Wildman–Crippen MR) is 100 cm³/mol. The molecule has 8 heteroatoms. The standard InChI is InChI=1S/C18H18ClN3O4/c1-12-11-13(5-6-16(12)22(24)25)18(23)20-15-4-2-3-14(19)17(15)21-7-9-26-10-8-21/h2-6,11H,7-10H2,1H3,(H,20,23). The van der Waals surface area contributed by atoms with Crippen LogP contribution in [0.2, 0.25) is 5.02 Å². The zero-order valence-corrected chi connectivity index (χ0v) is 15.0. The number of anilines is 2. The summed E-state index contributed by atoms with van der Waals surface area (Å²) in [6.45, 7) is 4.17. The van der Waals surface area contributed by atoms with Crippen LogP contribution in [0.3, 0.4) is 0 Å². The quantitative estimate of drug-likeness (QED) is 0.651. The second-order valence-electron chi connectivity index (χ2n) is 5.95. The second kappa shape index (κ2) is 7.72. The first kappa shape index (κ1) is 18.2. The van der Waals surface area contributed by atoms with Gasteiger partial charge in [0.15, 0.2) is 0 Å². The minimum Gasteiger partial charge on any atom is -0.378 e. The molecular weight excluding hydrogens is 358 g/mol. The van der Waals surface area contributed by atoms with Crippen LogP contribution >= 0.6 is 11.6 Å². The number of rotatable bonds is 4. The lowest BCUT2D eigenvalue weighted by Gasteiger charge is -2.31. The van der Waals surface area contributed by atoms with Crippen molar-refractivity contribution in [1.29, 1.82) is 0 Å². The SMILES string of the molecule is Cc1cc(C(=O)Nc2cccc(Cl)c2N2CCOCC2)ccc1[N+](=O)[O-]. The summed E-state index contributed by atoms with van der Waals surface area (Å²) in [5, 5.41) is 14.3. The largest absolute Gasteiger partial charge is 0.378 e. The van der Waals surface area contributed by atoms with Gasteiger partial charge in [0.1, 0.15) is 0 Å². The number of benzene rings is 2. The maximum Gasteiger partial charge on any atom is 0.272 e. The summed E-state index contributed by atoms with van der Waals surface area (Å²) in [4.78, 5) is 25.2. The number of morpholine rings is 1. The van der Waals surface area contributed by atoms with E-state index in [-0.39, 0.29) is 11.6 Å². The molecular formula is C18H18ClN3O4. The van der Waals surface area contributed by atoms with E-state index in [1.165, 1.54) is 18.2 Å². The molecule has 1 aliphatic heterocycles. The average Bonchev–Trinajstić information content (AvgIpc) is 2.62. The molecule has 0 unspecified atom stereocenters. The number of nitro benzene ring substituents is 1. The van der Waals surface area contributed by atoms with Crippen molar-refractivity contribution in [3.8, 4) is 0 Å². The Bertz CT molecular complexity index is 850. The van der Waals surface area contributed by atoms with Crippen molar-refractivity contribution in [2.45, 2.75) is 6.92 Å². The molecule has 0 atom stereocenters. The van der Waals surface area contributed by atoms with Crippen LogP contribution in [0.25, 0.3) is 0 Å². The minimum absolute atomic E-state index is 0.0155. The van der Waals surface area contributed by atoms with E-state index in [0.29, 0.717) is 48.1 Å². The summed E-state index contributed by atoms with van der Waals surface area (Å²) < 4.78 is 5.37. The molecule has 2 aromatic rings. The van der Waals surface area contributed by atoms with E-state index in [1.807, 2.05) is 0 Å². The molecule has 0 aliphatic carbocycles. The van der Waals surface area contributed by atoms with Gasteiger partial charge in [-0.25, -0.2) is 0 Å². The molecule has 0 bridgehead atoms. The zero-order valence-electron chi connectivity index (χ0n) is 14.2. The zero-order chi connectivity index (χ0) is 18.7. The fraction of sp³-hybridized carbons (Fsp3) is 0.278. The van der Waals surface area contributed by atoms with Crippen molar-refractivity contribution < 1.29 is 14.5 Å². The third kappa shape index (κ3) is 3.79. The van der Waals surface area contributed by atoms with Gasteiger partial charge in [0.05, 0.1) is 34.5 Å². The normalized spacial score (nSPS) is 14.2. The summed E-state index contributed by atoms with van der Waals surface area (Å²) in [5.41, 5.74) is 2.12. The first-order valence-corrected chi connectivity index (χ1v) is 8.53. The van der Waals surface area contributed by atoms with E-state index in [1.54, 1.807) is 25.1 Å². The van der Waals surface area contributed by atoms with Crippen LogP contribution < -0.4 is 10.2 Å². The van der Waals surface area contributed by atoms with E-state index >= 15 is 0 Å². The summed E-state index contributed by atoms with van der Waals surface area (Å²) in [6, 6.07) is 9.62. The smallest absolute Gasteiger partial charge is 0.272 e. The van der Waals surface area contributed by atoms with Crippen LogP contribution in [0.5, 0.6) is 0 Å². The number of nitrogens with zero attached hydrogens (tertiary/aromatic N) is 2. The lowest BCUT2D eigenvalue weighted by atomic mass is 10.1. The number of carbonyl (C=O) groups is 1. The summed E-state index contributed by atoms with van der Waals surface area (Å²) in [6.07, 6.45) is 0. The maximum atomic E-state index is 12.6. The Morgan fingerprint density at radius 1 is 1.27 bits per heavy atom. The third-order valence-corrected chi connectivity index (χ3v) is 4.52. The van der Waals surface area contributed by atoms with Crippen molar-refractivity contribution >= 4 is 34.6 Å². The van der Waals surface area contributed by atoms with Gasteiger partial charge in [0.2, 0.25) is 0 Å². The Labute approximate surface area is 155 Å². The number of amides is 1. The lowest BCUT2D eigenvalue weighted by molar-refractivity contribution is -0.385. The Kier molecular flexibility index (Phi) is 5.39. The van der Waals surface area contributed by atoms with E-state index in [9.17, 15) is 14.9 Å². The molecule has 2 aromatic carbocycles. The number of para-hydroxylation sites is 1. The Morgan fingerprint density at radius 2 is 2.00 bits per heavy atom. The number of aryl methyl sites for hydroxylation is 1. The van der Waals surface area contributed by atoms with Crippen molar-refractivity contribution in [2.24, 2.45) is 0 Å².